The van der Waals surface area contributed by atoms with Gasteiger partial charge in [-0.25, -0.2) is 4.68 Å². The van der Waals surface area contributed by atoms with Crippen LogP contribution in [0.25, 0.3) is 11.3 Å². The van der Waals surface area contributed by atoms with Gasteiger partial charge >= 0.3 is 0 Å². The Bertz CT molecular complexity index is 2160. The summed E-state index contributed by atoms with van der Waals surface area (Å²) in [7, 11) is 0. The van der Waals surface area contributed by atoms with E-state index in [1.54, 1.807) is 4.90 Å². The number of likely N-dealkylation sites (tertiary alicyclic amines) is 2. The molecule has 1 aromatic heterocycles. The number of hydrogen-bond acceptors (Lipinski definition) is 9. The molecule has 0 bridgehead atoms. The molecule has 9 rings (SSSR count). The van der Waals surface area contributed by atoms with E-state index in [0.717, 1.165) is 107 Å². The monoisotopic (exact) mass is 784 g/mol. The lowest BCUT2D eigenvalue weighted by Crippen LogP contribution is -2.60. The zero-order chi connectivity index (χ0) is 39.8. The van der Waals surface area contributed by atoms with Gasteiger partial charge in [0.2, 0.25) is 11.8 Å². The number of anilines is 3. The molecule has 0 aliphatic carbocycles. The lowest BCUT2D eigenvalue weighted by Gasteiger charge is -2.54. The average molecular weight is 785 g/mol. The highest BCUT2D eigenvalue weighted by Crippen LogP contribution is 2.43. The minimum atomic E-state index is -0.511. The number of aromatic nitrogens is 2. The van der Waals surface area contributed by atoms with E-state index in [2.05, 4.69) is 27.2 Å². The number of amides is 3. The number of piperidine rings is 3. The summed E-state index contributed by atoms with van der Waals surface area (Å²) in [6.45, 7) is 7.45. The number of rotatable bonds is 10. The third-order valence-electron chi connectivity index (χ3n) is 13.1. The van der Waals surface area contributed by atoms with Crippen LogP contribution in [0, 0.1) is 11.3 Å². The Morgan fingerprint density at radius 1 is 0.845 bits per heavy atom. The van der Waals surface area contributed by atoms with Gasteiger partial charge in [0, 0.05) is 88.7 Å². The molecule has 3 N–H and O–H groups in total. The predicted octanol–water partition coefficient (Wildman–Crippen LogP) is 5.73. The molecule has 3 amide bonds. The van der Waals surface area contributed by atoms with E-state index in [-0.39, 0.29) is 30.1 Å². The normalized spacial score (nSPS) is 21.0. The Labute approximate surface area is 339 Å². The van der Waals surface area contributed by atoms with E-state index in [0.29, 0.717) is 53.5 Å². The quantitative estimate of drug-likeness (QED) is 0.193. The predicted molar refractivity (Wildman–Crippen MR) is 222 cm³/mol. The van der Waals surface area contributed by atoms with Gasteiger partial charge in [-0.1, -0.05) is 24.3 Å². The van der Waals surface area contributed by atoms with Gasteiger partial charge in [0.15, 0.2) is 0 Å². The van der Waals surface area contributed by atoms with Crippen LogP contribution < -0.4 is 25.6 Å². The molecule has 3 aromatic carbocycles. The van der Waals surface area contributed by atoms with Crippen molar-refractivity contribution in [3.8, 4) is 22.8 Å². The first-order valence-electron chi connectivity index (χ1n) is 20.9. The number of benzene rings is 3. The van der Waals surface area contributed by atoms with E-state index in [9.17, 15) is 19.2 Å². The molecule has 58 heavy (non-hydrogen) atoms. The number of carbonyl (C=O) groups is 4. The number of nitrogens with one attached hydrogen (secondary N) is 1. The SMILES string of the molecule is NC(=O)c1c(-c2ccc(Oc3ccccc3)cc2)nn2c1NCC[C@H]2C1CCN(C(=O)CCN2CC3(CCN(c4cccc(N5CCC(=O)CC5=O)c4)CC3)C2)CC1. The van der Waals surface area contributed by atoms with Gasteiger partial charge in [-0.05, 0) is 98.0 Å². The van der Waals surface area contributed by atoms with Crippen LogP contribution in [0.15, 0.2) is 78.9 Å². The summed E-state index contributed by atoms with van der Waals surface area (Å²) in [6, 6.07) is 25.5. The Morgan fingerprint density at radius 2 is 1.57 bits per heavy atom. The van der Waals surface area contributed by atoms with Crippen LogP contribution in [0.4, 0.5) is 17.2 Å². The van der Waals surface area contributed by atoms with Gasteiger partial charge in [-0.15, -0.1) is 0 Å². The molecule has 0 saturated carbocycles. The smallest absolute Gasteiger partial charge is 0.254 e. The second-order valence-electron chi connectivity index (χ2n) is 16.8. The highest BCUT2D eigenvalue weighted by atomic mass is 16.5. The van der Waals surface area contributed by atoms with Crippen LogP contribution in [0.2, 0.25) is 0 Å². The van der Waals surface area contributed by atoms with E-state index in [4.69, 9.17) is 15.6 Å². The number of primary amides is 1. The van der Waals surface area contributed by atoms with Crippen molar-refractivity contribution in [1.82, 2.24) is 19.6 Å². The maximum absolute atomic E-state index is 13.4. The number of Topliss-reactive ketones (excluding diaryl/α,β-unsaturated/α-hetero) is 1. The number of carbonyl (C=O) groups excluding carboxylic acids is 4. The molecule has 1 atom stereocenters. The van der Waals surface area contributed by atoms with Crippen LogP contribution >= 0.6 is 0 Å². The first kappa shape index (κ1) is 37.9. The summed E-state index contributed by atoms with van der Waals surface area (Å²) in [5.74, 6) is 2.08. The first-order chi connectivity index (χ1) is 28.2. The van der Waals surface area contributed by atoms with E-state index < -0.39 is 5.91 Å². The minimum Gasteiger partial charge on any atom is -0.457 e. The number of fused-ring (bicyclic) bond motifs is 1. The van der Waals surface area contributed by atoms with Crippen molar-refractivity contribution < 1.29 is 23.9 Å². The van der Waals surface area contributed by atoms with Crippen molar-refractivity contribution in [2.24, 2.45) is 17.1 Å². The summed E-state index contributed by atoms with van der Waals surface area (Å²) in [6.07, 6.45) is 5.85. The van der Waals surface area contributed by atoms with Crippen molar-refractivity contribution in [1.29, 1.82) is 0 Å². The van der Waals surface area contributed by atoms with E-state index in [1.165, 1.54) is 0 Å². The lowest BCUT2D eigenvalue weighted by atomic mass is 9.72. The lowest BCUT2D eigenvalue weighted by molar-refractivity contribution is -0.134. The fourth-order valence-corrected chi connectivity index (χ4v) is 9.89. The molecule has 1 spiro atoms. The van der Waals surface area contributed by atoms with Crippen LogP contribution in [-0.4, -0.2) is 102 Å². The summed E-state index contributed by atoms with van der Waals surface area (Å²) in [5.41, 5.74) is 10.1. The minimum absolute atomic E-state index is 0.00390. The molecule has 0 radical (unpaired) electrons. The molecular weight excluding hydrogens is 733 g/mol. The Balaban J connectivity index is 0.748. The van der Waals surface area contributed by atoms with Crippen LogP contribution in [0.5, 0.6) is 11.5 Å². The molecule has 4 saturated heterocycles. The van der Waals surface area contributed by atoms with Crippen molar-refractivity contribution in [3.05, 3.63) is 84.4 Å². The molecule has 0 unspecified atom stereocenters. The number of nitrogens with two attached hydrogens (primary N) is 1. The fraction of sp³-hybridized carbons (Fsp3) is 0.444. The highest BCUT2D eigenvalue weighted by molar-refractivity contribution is 6.08. The number of nitrogens with zero attached hydrogens (tertiary/aromatic N) is 6. The molecule has 5 aliphatic rings. The molecular formula is C45H52N8O5. The van der Waals surface area contributed by atoms with Crippen molar-refractivity contribution >= 4 is 40.7 Å². The molecule has 13 nitrogen and oxygen atoms in total. The van der Waals surface area contributed by atoms with Crippen molar-refractivity contribution in [2.75, 3.05) is 74.0 Å². The molecule has 4 fully saturated rings. The summed E-state index contributed by atoms with van der Waals surface area (Å²) >= 11 is 0. The average Bonchev–Trinajstić information content (AvgIpc) is 3.63. The number of ether oxygens (including phenoxy) is 1. The maximum atomic E-state index is 13.4. The molecule has 5 aliphatic heterocycles. The standard InChI is InChI=1S/C45H52N8O5/c46-43(57)41-42(32-9-11-37(12-10-32)58-36-7-2-1-3-8-36)48-53-38(13-20-47-44(41)53)31-14-22-51(23-15-31)39(55)17-21-49-29-45(30-49)18-25-50(26-19-45)33-5-4-6-34(27-33)52-24-16-35(54)28-40(52)56/h1-12,27,31,38,47H,13-26,28-30H2,(H2,46,57)/t38-/m0/s1. The van der Waals surface area contributed by atoms with Crippen LogP contribution in [-0.2, 0) is 14.4 Å². The van der Waals surface area contributed by atoms with Gasteiger partial charge in [0.1, 0.15) is 34.4 Å². The number of hydrogen-bond donors (Lipinski definition) is 2. The summed E-state index contributed by atoms with van der Waals surface area (Å²) in [4.78, 5) is 59.1. The number of ketones is 1. The molecule has 302 valence electrons. The van der Waals surface area contributed by atoms with Gasteiger partial charge in [-0.3, -0.25) is 19.2 Å². The van der Waals surface area contributed by atoms with Crippen LogP contribution in [0.3, 0.4) is 0 Å². The molecule has 4 aromatic rings. The van der Waals surface area contributed by atoms with Crippen molar-refractivity contribution in [3.63, 3.8) is 0 Å². The second kappa shape index (κ2) is 15.9. The Kier molecular flexibility index (Phi) is 10.4. The third kappa shape index (κ3) is 7.67. The largest absolute Gasteiger partial charge is 0.457 e. The number of para-hydroxylation sites is 1. The van der Waals surface area contributed by atoms with Gasteiger partial charge in [-0.2, -0.15) is 5.10 Å². The summed E-state index contributed by atoms with van der Waals surface area (Å²) in [5, 5.41) is 8.42. The zero-order valence-corrected chi connectivity index (χ0v) is 33.0. The highest BCUT2D eigenvalue weighted by Gasteiger charge is 2.45. The van der Waals surface area contributed by atoms with E-state index >= 15 is 0 Å². The fourth-order valence-electron chi connectivity index (χ4n) is 9.89. The van der Waals surface area contributed by atoms with Gasteiger partial charge in [0.25, 0.3) is 5.91 Å². The first-order valence-corrected chi connectivity index (χ1v) is 20.9. The second-order valence-corrected chi connectivity index (χ2v) is 16.8. The Morgan fingerprint density at radius 3 is 2.29 bits per heavy atom. The van der Waals surface area contributed by atoms with Gasteiger partial charge in [0.05, 0.1) is 12.5 Å². The zero-order valence-electron chi connectivity index (χ0n) is 33.0. The third-order valence-corrected chi connectivity index (χ3v) is 13.1. The van der Waals surface area contributed by atoms with E-state index in [1.807, 2.05) is 76.3 Å². The van der Waals surface area contributed by atoms with Gasteiger partial charge < -0.3 is 35.4 Å². The maximum Gasteiger partial charge on any atom is 0.254 e. The molecule has 6 heterocycles. The Hall–Kier alpha value is -5.69. The summed E-state index contributed by atoms with van der Waals surface area (Å²) < 4.78 is 7.96. The molecule has 13 heteroatoms. The van der Waals surface area contributed by atoms with Crippen molar-refractivity contribution in [2.45, 2.75) is 57.4 Å². The van der Waals surface area contributed by atoms with Crippen LogP contribution in [0.1, 0.15) is 67.8 Å². The topological polar surface area (TPSA) is 146 Å².